The van der Waals surface area contributed by atoms with Crippen molar-refractivity contribution in [1.29, 1.82) is 0 Å². The Morgan fingerprint density at radius 3 is 2.50 bits per heavy atom. The first-order chi connectivity index (χ1) is 8.67. The monoisotopic (exact) mass is 269 g/mol. The van der Waals surface area contributed by atoms with Crippen molar-refractivity contribution in [3.8, 4) is 5.75 Å². The second kappa shape index (κ2) is 7.60. The predicted octanol–water partition coefficient (Wildman–Crippen LogP) is 1.88. The van der Waals surface area contributed by atoms with Gasteiger partial charge < -0.3 is 14.8 Å². The second-order valence-corrected chi connectivity index (χ2v) is 3.74. The molecule has 0 aromatic heterocycles. The molecule has 0 aliphatic rings. The van der Waals surface area contributed by atoms with Gasteiger partial charge in [0.25, 0.3) is 5.91 Å². The molecule has 0 bridgehead atoms. The van der Waals surface area contributed by atoms with Crippen LogP contribution in [0, 0.1) is 0 Å². The molecule has 98 valence electrons. The Balaban J connectivity index is 2.57. The molecule has 1 aromatic carbocycles. The standard InChI is InChI=1S/C12H15NO4S/c1-2-16-12(15)17-10-5-3-9(4-6-10)11(14)13-7-8-18/h3-6,18H,2,7-8H2,1H3,(H,13,14). The maximum absolute atomic E-state index is 11.6. The van der Waals surface area contributed by atoms with Crippen molar-refractivity contribution >= 4 is 24.7 Å². The van der Waals surface area contributed by atoms with Gasteiger partial charge in [-0.3, -0.25) is 4.79 Å². The van der Waals surface area contributed by atoms with E-state index in [1.807, 2.05) is 0 Å². The van der Waals surface area contributed by atoms with Gasteiger partial charge in [0.15, 0.2) is 0 Å². The van der Waals surface area contributed by atoms with Gasteiger partial charge in [0.2, 0.25) is 0 Å². The fourth-order valence-corrected chi connectivity index (χ4v) is 1.30. The van der Waals surface area contributed by atoms with Crippen LogP contribution in [-0.2, 0) is 4.74 Å². The van der Waals surface area contributed by atoms with Gasteiger partial charge in [-0.05, 0) is 31.2 Å². The van der Waals surface area contributed by atoms with Crippen LogP contribution in [0.4, 0.5) is 4.79 Å². The van der Waals surface area contributed by atoms with E-state index in [9.17, 15) is 9.59 Å². The number of benzene rings is 1. The lowest BCUT2D eigenvalue weighted by Gasteiger charge is -2.05. The average Bonchev–Trinajstić information content (AvgIpc) is 2.37. The Morgan fingerprint density at radius 1 is 1.28 bits per heavy atom. The van der Waals surface area contributed by atoms with Crippen molar-refractivity contribution in [2.45, 2.75) is 6.92 Å². The number of rotatable bonds is 5. The lowest BCUT2D eigenvalue weighted by Crippen LogP contribution is -2.25. The van der Waals surface area contributed by atoms with Crippen LogP contribution in [0.5, 0.6) is 5.75 Å². The van der Waals surface area contributed by atoms with E-state index in [0.29, 0.717) is 23.6 Å². The van der Waals surface area contributed by atoms with E-state index in [2.05, 4.69) is 22.7 Å². The summed E-state index contributed by atoms with van der Waals surface area (Å²) in [6.45, 7) is 2.45. The molecule has 0 saturated carbocycles. The molecule has 1 amide bonds. The predicted molar refractivity (Wildman–Crippen MR) is 70.3 cm³/mol. The van der Waals surface area contributed by atoms with E-state index in [-0.39, 0.29) is 12.5 Å². The molecule has 0 aliphatic heterocycles. The summed E-state index contributed by atoms with van der Waals surface area (Å²) in [7, 11) is 0. The zero-order valence-electron chi connectivity index (χ0n) is 10.0. The molecule has 0 heterocycles. The summed E-state index contributed by atoms with van der Waals surface area (Å²) in [6.07, 6.45) is -0.759. The smallest absolute Gasteiger partial charge is 0.434 e. The first-order valence-electron chi connectivity index (χ1n) is 5.51. The number of thiol groups is 1. The summed E-state index contributed by atoms with van der Waals surface area (Å²) in [5.74, 6) is 0.724. The van der Waals surface area contributed by atoms with E-state index in [1.165, 1.54) is 12.1 Å². The molecular formula is C12H15NO4S. The normalized spacial score (nSPS) is 9.67. The Labute approximate surface area is 111 Å². The van der Waals surface area contributed by atoms with Crippen molar-refractivity contribution < 1.29 is 19.1 Å². The highest BCUT2D eigenvalue weighted by atomic mass is 32.1. The zero-order chi connectivity index (χ0) is 13.4. The number of amides is 1. The van der Waals surface area contributed by atoms with E-state index in [0.717, 1.165) is 0 Å². The van der Waals surface area contributed by atoms with Crippen molar-refractivity contribution in [2.75, 3.05) is 18.9 Å². The Morgan fingerprint density at radius 2 is 1.94 bits per heavy atom. The quantitative estimate of drug-likeness (QED) is 0.486. The van der Waals surface area contributed by atoms with Gasteiger partial charge in [-0.15, -0.1) is 0 Å². The minimum Gasteiger partial charge on any atom is -0.434 e. The first-order valence-corrected chi connectivity index (χ1v) is 6.14. The maximum atomic E-state index is 11.6. The number of carbonyl (C=O) groups is 2. The summed E-state index contributed by atoms with van der Waals surface area (Å²) in [4.78, 5) is 22.6. The van der Waals surface area contributed by atoms with Crippen LogP contribution in [0.3, 0.4) is 0 Å². The van der Waals surface area contributed by atoms with Gasteiger partial charge in [0.1, 0.15) is 5.75 Å². The topological polar surface area (TPSA) is 64.6 Å². The molecule has 0 aliphatic carbocycles. The number of nitrogens with one attached hydrogen (secondary N) is 1. The lowest BCUT2D eigenvalue weighted by atomic mass is 10.2. The van der Waals surface area contributed by atoms with Crippen LogP contribution in [0.1, 0.15) is 17.3 Å². The van der Waals surface area contributed by atoms with Gasteiger partial charge in [-0.2, -0.15) is 12.6 Å². The van der Waals surface area contributed by atoms with Crippen LogP contribution < -0.4 is 10.1 Å². The summed E-state index contributed by atoms with van der Waals surface area (Å²) in [5, 5.41) is 2.68. The van der Waals surface area contributed by atoms with Crippen molar-refractivity contribution in [3.63, 3.8) is 0 Å². The third-order valence-electron chi connectivity index (χ3n) is 1.98. The fourth-order valence-electron chi connectivity index (χ4n) is 1.19. The van der Waals surface area contributed by atoms with Crippen LogP contribution >= 0.6 is 12.6 Å². The van der Waals surface area contributed by atoms with Gasteiger partial charge in [-0.1, -0.05) is 0 Å². The van der Waals surface area contributed by atoms with Crippen LogP contribution in [0.15, 0.2) is 24.3 Å². The molecule has 0 unspecified atom stereocenters. The van der Waals surface area contributed by atoms with Gasteiger partial charge in [-0.25, -0.2) is 4.79 Å². The fraction of sp³-hybridized carbons (Fsp3) is 0.333. The van der Waals surface area contributed by atoms with Crippen LogP contribution in [0.25, 0.3) is 0 Å². The molecule has 0 radical (unpaired) electrons. The summed E-state index contributed by atoms with van der Waals surface area (Å²) >= 11 is 4.00. The third-order valence-corrected chi connectivity index (χ3v) is 2.20. The van der Waals surface area contributed by atoms with E-state index >= 15 is 0 Å². The largest absolute Gasteiger partial charge is 0.513 e. The van der Waals surface area contributed by atoms with Crippen LogP contribution in [-0.4, -0.2) is 31.0 Å². The molecule has 0 saturated heterocycles. The second-order valence-electron chi connectivity index (χ2n) is 3.29. The Hall–Kier alpha value is -1.69. The molecule has 1 N–H and O–H groups in total. The highest BCUT2D eigenvalue weighted by Crippen LogP contribution is 2.12. The third kappa shape index (κ3) is 4.67. The highest BCUT2D eigenvalue weighted by Gasteiger charge is 2.07. The average molecular weight is 269 g/mol. The minimum absolute atomic E-state index is 0.188. The molecule has 0 fully saturated rings. The zero-order valence-corrected chi connectivity index (χ0v) is 10.9. The van der Waals surface area contributed by atoms with E-state index in [1.54, 1.807) is 19.1 Å². The van der Waals surface area contributed by atoms with Gasteiger partial charge in [0.05, 0.1) is 6.61 Å². The molecular weight excluding hydrogens is 254 g/mol. The molecule has 1 aromatic rings. The van der Waals surface area contributed by atoms with Crippen molar-refractivity contribution in [1.82, 2.24) is 5.32 Å². The summed E-state index contributed by atoms with van der Waals surface area (Å²) < 4.78 is 9.49. The molecule has 1 rings (SSSR count). The first kappa shape index (κ1) is 14.4. The molecule has 6 heteroatoms. The minimum atomic E-state index is -0.759. The van der Waals surface area contributed by atoms with E-state index < -0.39 is 6.16 Å². The van der Waals surface area contributed by atoms with Gasteiger partial charge in [0, 0.05) is 17.9 Å². The molecule has 0 atom stereocenters. The van der Waals surface area contributed by atoms with Crippen molar-refractivity contribution in [2.24, 2.45) is 0 Å². The number of hydrogen-bond donors (Lipinski definition) is 2. The lowest BCUT2D eigenvalue weighted by molar-refractivity contribution is 0.0956. The summed E-state index contributed by atoms with van der Waals surface area (Å²) in [6, 6.07) is 6.21. The van der Waals surface area contributed by atoms with Crippen LogP contribution in [0.2, 0.25) is 0 Å². The number of carbonyl (C=O) groups excluding carboxylic acids is 2. The molecule has 18 heavy (non-hydrogen) atoms. The maximum Gasteiger partial charge on any atom is 0.513 e. The number of ether oxygens (including phenoxy) is 2. The molecule has 5 nitrogen and oxygen atoms in total. The Bertz CT molecular complexity index is 405. The SMILES string of the molecule is CCOC(=O)Oc1ccc(C(=O)NCCS)cc1. The van der Waals surface area contributed by atoms with Crippen molar-refractivity contribution in [3.05, 3.63) is 29.8 Å². The summed E-state index contributed by atoms with van der Waals surface area (Å²) in [5.41, 5.74) is 0.494. The van der Waals surface area contributed by atoms with Gasteiger partial charge >= 0.3 is 6.16 Å². The Kier molecular flexibility index (Phi) is 6.07. The van der Waals surface area contributed by atoms with E-state index in [4.69, 9.17) is 4.74 Å². The molecule has 0 spiro atoms. The highest BCUT2D eigenvalue weighted by molar-refractivity contribution is 7.80. The number of hydrogen-bond acceptors (Lipinski definition) is 5.